The minimum absolute atomic E-state index is 0.00823. The molecular weight excluding hydrogens is 500 g/mol. The van der Waals surface area contributed by atoms with Crippen molar-refractivity contribution in [3.05, 3.63) is 69.6 Å². The topological polar surface area (TPSA) is 107 Å². The molecule has 3 fully saturated rings. The zero-order valence-corrected chi connectivity index (χ0v) is 19.8. The molecule has 2 N–H and O–H groups in total. The average molecular weight is 520 g/mol. The minimum Gasteiger partial charge on any atom is -0.484 e. The summed E-state index contributed by atoms with van der Waals surface area (Å²) >= 11 is 11.7. The van der Waals surface area contributed by atoms with Crippen LogP contribution in [0, 0.1) is 5.82 Å². The number of aromatic nitrogens is 2. The van der Waals surface area contributed by atoms with Crippen molar-refractivity contribution < 1.29 is 28.2 Å². The smallest absolute Gasteiger partial charge is 0.258 e. The number of ether oxygens (including phenoxy) is 2. The van der Waals surface area contributed by atoms with Crippen molar-refractivity contribution in [1.82, 2.24) is 15.5 Å². The first-order valence-corrected chi connectivity index (χ1v) is 11.9. The average Bonchev–Trinajstić information content (AvgIpc) is 3.26. The fraction of sp³-hybridized carbons (Fsp3) is 0.375. The van der Waals surface area contributed by atoms with Crippen LogP contribution in [0.4, 0.5) is 4.39 Å². The Bertz CT molecular complexity index is 1310. The van der Waals surface area contributed by atoms with E-state index in [9.17, 15) is 14.3 Å². The normalized spacial score (nSPS) is 28.2. The van der Waals surface area contributed by atoms with E-state index in [1.165, 1.54) is 12.1 Å². The van der Waals surface area contributed by atoms with E-state index < -0.39 is 18.0 Å². The fourth-order valence-corrected chi connectivity index (χ4v) is 5.64. The number of carbonyl (C=O) groups is 1. The fourth-order valence-electron chi connectivity index (χ4n) is 5.34. The third-order valence-electron chi connectivity index (χ3n) is 6.90. The Balaban J connectivity index is 1.05. The Kier molecular flexibility index (Phi) is 5.21. The van der Waals surface area contributed by atoms with Gasteiger partial charge in [-0.2, -0.15) is 0 Å². The molecule has 2 bridgehead atoms. The summed E-state index contributed by atoms with van der Waals surface area (Å²) in [6.45, 7) is -0.228. The molecule has 8 nitrogen and oxygen atoms in total. The number of carbonyl (C=O) groups excluding carboxylic acids is 1. The molecule has 4 aliphatic rings. The molecule has 3 aromatic rings. The maximum absolute atomic E-state index is 13.5. The largest absolute Gasteiger partial charge is 0.484 e. The number of fused-ring (bicyclic) bond motifs is 1. The van der Waals surface area contributed by atoms with Crippen LogP contribution in [-0.4, -0.2) is 33.4 Å². The van der Waals surface area contributed by atoms with Gasteiger partial charge in [0, 0.05) is 28.6 Å². The second-order valence-corrected chi connectivity index (χ2v) is 10.3. The number of nitrogens with zero attached hydrogens (tertiary/aromatic N) is 2. The number of hydrogen-bond donors (Lipinski definition) is 2. The number of rotatable bonds is 6. The van der Waals surface area contributed by atoms with Crippen LogP contribution >= 0.6 is 23.2 Å². The SMILES string of the molecule is O=C(COc1ccc(Cl)c(F)c1)NC12CC(c3nnc([C@@H]4C[C@H](O)c5cc(Cl)ccc5O4)o3)(C1)C2. The minimum atomic E-state index is -0.752. The molecule has 11 heteroatoms. The van der Waals surface area contributed by atoms with Gasteiger partial charge in [-0.1, -0.05) is 23.2 Å². The van der Waals surface area contributed by atoms with E-state index in [0.717, 1.165) is 6.07 Å². The van der Waals surface area contributed by atoms with Gasteiger partial charge in [0.25, 0.3) is 11.8 Å². The Hall–Kier alpha value is -2.88. The van der Waals surface area contributed by atoms with Gasteiger partial charge in [0.1, 0.15) is 17.3 Å². The lowest BCUT2D eigenvalue weighted by molar-refractivity contribution is -0.143. The molecular formula is C24H20Cl2FN3O5. The van der Waals surface area contributed by atoms with Crippen LogP contribution in [0.2, 0.25) is 10.0 Å². The van der Waals surface area contributed by atoms with E-state index in [4.69, 9.17) is 37.1 Å². The van der Waals surface area contributed by atoms with Crippen LogP contribution in [-0.2, 0) is 10.2 Å². The quantitative estimate of drug-likeness (QED) is 0.495. The lowest BCUT2D eigenvalue weighted by atomic mass is 9.39. The highest BCUT2D eigenvalue weighted by atomic mass is 35.5. The van der Waals surface area contributed by atoms with Crippen LogP contribution in [0.1, 0.15) is 55.2 Å². The van der Waals surface area contributed by atoms with Crippen molar-refractivity contribution in [1.29, 1.82) is 0 Å². The Morgan fingerprint density at radius 3 is 2.77 bits per heavy atom. The van der Waals surface area contributed by atoms with E-state index in [1.807, 2.05) is 0 Å². The van der Waals surface area contributed by atoms with E-state index in [-0.39, 0.29) is 40.7 Å². The third kappa shape index (κ3) is 3.91. The van der Waals surface area contributed by atoms with Crippen LogP contribution < -0.4 is 14.8 Å². The summed E-state index contributed by atoms with van der Waals surface area (Å²) < 4.78 is 30.8. The molecule has 2 atom stereocenters. The van der Waals surface area contributed by atoms with Gasteiger partial charge in [0.05, 0.1) is 16.5 Å². The molecule has 0 unspecified atom stereocenters. The number of benzene rings is 2. The highest BCUT2D eigenvalue weighted by Gasteiger charge is 2.71. The monoisotopic (exact) mass is 519 g/mol. The van der Waals surface area contributed by atoms with Crippen molar-refractivity contribution in [3.63, 3.8) is 0 Å². The Labute approximate surface area is 209 Å². The maximum Gasteiger partial charge on any atom is 0.258 e. The zero-order chi connectivity index (χ0) is 24.4. The van der Waals surface area contributed by atoms with Gasteiger partial charge in [-0.25, -0.2) is 4.39 Å². The van der Waals surface area contributed by atoms with Gasteiger partial charge in [-0.05, 0) is 49.6 Å². The summed E-state index contributed by atoms with van der Waals surface area (Å²) in [5.41, 5.74) is 0.0452. The van der Waals surface area contributed by atoms with Crippen molar-refractivity contribution >= 4 is 29.1 Å². The molecule has 182 valence electrons. The molecule has 7 rings (SSSR count). The second-order valence-electron chi connectivity index (χ2n) is 9.49. The molecule has 0 spiro atoms. The van der Waals surface area contributed by atoms with Gasteiger partial charge in [-0.3, -0.25) is 4.79 Å². The number of aliphatic hydroxyl groups is 1. The van der Waals surface area contributed by atoms with Crippen molar-refractivity contribution in [2.45, 2.75) is 48.8 Å². The van der Waals surface area contributed by atoms with E-state index in [2.05, 4.69) is 15.5 Å². The Morgan fingerprint density at radius 1 is 1.20 bits per heavy atom. The van der Waals surface area contributed by atoms with Gasteiger partial charge < -0.3 is 24.3 Å². The lowest BCUT2D eigenvalue weighted by Gasteiger charge is -2.68. The molecule has 0 radical (unpaired) electrons. The summed E-state index contributed by atoms with van der Waals surface area (Å²) in [6, 6.07) is 9.12. The maximum atomic E-state index is 13.5. The first-order valence-electron chi connectivity index (χ1n) is 11.1. The van der Waals surface area contributed by atoms with Crippen molar-refractivity contribution in [3.8, 4) is 11.5 Å². The summed E-state index contributed by atoms with van der Waals surface area (Å²) in [6.07, 6.45) is 1.00. The van der Waals surface area contributed by atoms with E-state index in [0.29, 0.717) is 47.4 Å². The number of hydrogen-bond acceptors (Lipinski definition) is 7. The van der Waals surface area contributed by atoms with Crippen LogP contribution in [0.15, 0.2) is 40.8 Å². The molecule has 1 amide bonds. The summed E-state index contributed by atoms with van der Waals surface area (Å²) in [5, 5.41) is 22.4. The molecule has 1 aliphatic heterocycles. The molecule has 1 aromatic heterocycles. The van der Waals surface area contributed by atoms with Gasteiger partial charge in [-0.15, -0.1) is 10.2 Å². The number of aliphatic hydroxyl groups excluding tert-OH is 1. The van der Waals surface area contributed by atoms with Gasteiger partial charge in [0.2, 0.25) is 5.89 Å². The summed E-state index contributed by atoms with van der Waals surface area (Å²) in [7, 11) is 0. The number of nitrogens with one attached hydrogen (secondary N) is 1. The lowest BCUT2D eigenvalue weighted by Crippen LogP contribution is -2.77. The Morgan fingerprint density at radius 2 is 2.00 bits per heavy atom. The highest BCUT2D eigenvalue weighted by molar-refractivity contribution is 6.31. The van der Waals surface area contributed by atoms with Crippen molar-refractivity contribution in [2.24, 2.45) is 0 Å². The molecule has 0 saturated heterocycles. The van der Waals surface area contributed by atoms with E-state index in [1.54, 1.807) is 18.2 Å². The molecule has 3 saturated carbocycles. The van der Waals surface area contributed by atoms with Gasteiger partial charge in [0.15, 0.2) is 12.7 Å². The molecule has 2 aromatic carbocycles. The first-order chi connectivity index (χ1) is 16.7. The van der Waals surface area contributed by atoms with Crippen molar-refractivity contribution in [2.75, 3.05) is 6.61 Å². The second kappa shape index (κ2) is 8.08. The van der Waals surface area contributed by atoms with Crippen LogP contribution in [0.5, 0.6) is 11.5 Å². The van der Waals surface area contributed by atoms with Gasteiger partial charge >= 0.3 is 0 Å². The van der Waals surface area contributed by atoms with E-state index >= 15 is 0 Å². The summed E-state index contributed by atoms with van der Waals surface area (Å²) in [4.78, 5) is 12.3. The summed E-state index contributed by atoms with van der Waals surface area (Å²) in [5.74, 6) is 0.696. The third-order valence-corrected chi connectivity index (χ3v) is 7.44. The zero-order valence-electron chi connectivity index (χ0n) is 18.3. The van der Waals surface area contributed by atoms with Crippen LogP contribution in [0.3, 0.4) is 0 Å². The van der Waals surface area contributed by atoms with Crippen LogP contribution in [0.25, 0.3) is 0 Å². The molecule has 2 heterocycles. The number of amides is 1. The molecule has 35 heavy (non-hydrogen) atoms. The highest BCUT2D eigenvalue weighted by Crippen LogP contribution is 2.67. The first kappa shape index (κ1) is 22.6. The molecule has 3 aliphatic carbocycles. The predicted molar refractivity (Wildman–Crippen MR) is 122 cm³/mol. The standard InChI is InChI=1S/C24H20Cl2FN3O5/c25-12-1-4-18-14(5-12)17(31)7-19(34-18)21-29-30-22(35-21)23-9-24(10-23,11-23)28-20(32)8-33-13-2-3-15(26)16(27)6-13/h1-6,17,19,31H,7-11H2,(H,28,32)/t17-,19-,23?,24?/m0/s1. The predicted octanol–water partition coefficient (Wildman–Crippen LogP) is 4.44. The number of halogens is 3.